The summed E-state index contributed by atoms with van der Waals surface area (Å²) in [5.74, 6) is -0.650. The summed E-state index contributed by atoms with van der Waals surface area (Å²) in [6.07, 6.45) is -3.37. The van der Waals surface area contributed by atoms with Gasteiger partial charge < -0.3 is 10.4 Å². The van der Waals surface area contributed by atoms with Crippen molar-refractivity contribution in [3.05, 3.63) is 69.2 Å². The summed E-state index contributed by atoms with van der Waals surface area (Å²) in [6.45, 7) is 0.847. The van der Waals surface area contributed by atoms with E-state index in [2.05, 4.69) is 10.3 Å². The van der Waals surface area contributed by atoms with Crippen LogP contribution in [0.1, 0.15) is 24.1 Å². The lowest BCUT2D eigenvalue weighted by Gasteiger charge is -2.18. The average molecular weight is 426 g/mol. The van der Waals surface area contributed by atoms with Crippen LogP contribution in [-0.4, -0.2) is 27.2 Å². The number of halogens is 4. The van der Waals surface area contributed by atoms with E-state index in [0.717, 1.165) is 12.1 Å². The molecule has 0 saturated carbocycles. The molecular weight excluding hydrogens is 411 g/mol. The Kier molecular flexibility index (Phi) is 5.63. The Bertz CT molecular complexity index is 1140. The lowest BCUT2D eigenvalue weighted by molar-refractivity contribution is -0.137. The highest BCUT2D eigenvalue weighted by molar-refractivity contribution is 6.31. The standard InChI is InChI=1S/C19H15ClF3N3O3/c1-10(11-2-4-15(20)14(6-11)19(21,22)23)26-9-24-16-5-3-12(25-17(28)8-27)7-13(16)18(26)29/h2-7,9-10,27H,8H2,1H3,(H,25,28)/t10-/m0/s1. The minimum absolute atomic E-state index is 0.167. The number of aromatic nitrogens is 2. The quantitative estimate of drug-likeness (QED) is 0.669. The average Bonchev–Trinajstić information content (AvgIpc) is 2.67. The Morgan fingerprint density at radius 2 is 2.00 bits per heavy atom. The van der Waals surface area contributed by atoms with E-state index in [4.69, 9.17) is 16.7 Å². The molecule has 1 aromatic heterocycles. The molecule has 0 bridgehead atoms. The Balaban J connectivity index is 2.06. The molecule has 1 amide bonds. The second kappa shape index (κ2) is 7.84. The third-order valence-corrected chi connectivity index (χ3v) is 4.74. The van der Waals surface area contributed by atoms with Crippen LogP contribution in [0.3, 0.4) is 0 Å². The highest BCUT2D eigenvalue weighted by Crippen LogP contribution is 2.36. The lowest BCUT2D eigenvalue weighted by Crippen LogP contribution is -2.25. The number of fused-ring (bicyclic) bond motifs is 1. The van der Waals surface area contributed by atoms with E-state index in [1.165, 1.54) is 35.2 Å². The number of benzene rings is 2. The summed E-state index contributed by atoms with van der Waals surface area (Å²) < 4.78 is 40.6. The second-order valence-corrected chi connectivity index (χ2v) is 6.72. The van der Waals surface area contributed by atoms with Gasteiger partial charge in [0.15, 0.2) is 0 Å². The number of hydrogen-bond acceptors (Lipinski definition) is 4. The zero-order valence-corrected chi connectivity index (χ0v) is 15.8. The molecule has 0 aliphatic heterocycles. The largest absolute Gasteiger partial charge is 0.417 e. The van der Waals surface area contributed by atoms with E-state index in [-0.39, 0.29) is 16.6 Å². The first-order valence-corrected chi connectivity index (χ1v) is 8.78. The number of carbonyl (C=O) groups excluding carboxylic acids is 1. The van der Waals surface area contributed by atoms with Gasteiger partial charge in [0.25, 0.3) is 5.56 Å². The maximum Gasteiger partial charge on any atom is 0.417 e. The van der Waals surface area contributed by atoms with Gasteiger partial charge in [-0.1, -0.05) is 17.7 Å². The van der Waals surface area contributed by atoms with Gasteiger partial charge in [-0.05, 0) is 42.8 Å². The molecule has 2 aromatic carbocycles. The lowest BCUT2D eigenvalue weighted by atomic mass is 10.0. The van der Waals surface area contributed by atoms with Gasteiger partial charge in [0.1, 0.15) is 6.61 Å². The molecule has 6 nitrogen and oxygen atoms in total. The van der Waals surface area contributed by atoms with Gasteiger partial charge >= 0.3 is 6.18 Å². The third kappa shape index (κ3) is 4.25. The van der Waals surface area contributed by atoms with Gasteiger partial charge in [-0.25, -0.2) is 4.98 Å². The number of nitrogens with one attached hydrogen (secondary N) is 1. The molecule has 1 heterocycles. The smallest absolute Gasteiger partial charge is 0.387 e. The van der Waals surface area contributed by atoms with Crippen LogP contribution < -0.4 is 10.9 Å². The summed E-state index contributed by atoms with van der Waals surface area (Å²) in [7, 11) is 0. The van der Waals surface area contributed by atoms with Gasteiger partial charge in [0.2, 0.25) is 5.91 Å². The number of rotatable bonds is 4. The van der Waals surface area contributed by atoms with Crippen LogP contribution in [0.5, 0.6) is 0 Å². The van der Waals surface area contributed by atoms with Crippen molar-refractivity contribution in [2.24, 2.45) is 0 Å². The van der Waals surface area contributed by atoms with Crippen molar-refractivity contribution in [2.75, 3.05) is 11.9 Å². The molecule has 152 valence electrons. The van der Waals surface area contributed by atoms with Gasteiger partial charge in [-0.15, -0.1) is 0 Å². The fraction of sp³-hybridized carbons (Fsp3) is 0.211. The zero-order valence-electron chi connectivity index (χ0n) is 15.0. The van der Waals surface area contributed by atoms with Crippen LogP contribution in [-0.2, 0) is 11.0 Å². The number of carbonyl (C=O) groups is 1. The number of anilines is 1. The van der Waals surface area contributed by atoms with E-state index in [9.17, 15) is 22.8 Å². The SMILES string of the molecule is C[C@@H](c1ccc(Cl)c(C(F)(F)F)c1)n1cnc2ccc(NC(=O)CO)cc2c1=O. The van der Waals surface area contributed by atoms with E-state index in [1.54, 1.807) is 6.92 Å². The predicted molar refractivity (Wildman–Crippen MR) is 102 cm³/mol. The van der Waals surface area contributed by atoms with Crippen LogP contribution in [0.15, 0.2) is 47.5 Å². The topological polar surface area (TPSA) is 84.2 Å². The highest BCUT2D eigenvalue weighted by atomic mass is 35.5. The number of hydrogen-bond donors (Lipinski definition) is 2. The normalized spacial score (nSPS) is 12.8. The number of aliphatic hydroxyl groups is 1. The molecular formula is C19H15ClF3N3O3. The zero-order chi connectivity index (χ0) is 21.3. The van der Waals surface area contributed by atoms with Gasteiger partial charge in [0.05, 0.1) is 33.9 Å². The van der Waals surface area contributed by atoms with E-state index in [1.807, 2.05) is 0 Å². The highest BCUT2D eigenvalue weighted by Gasteiger charge is 2.33. The monoisotopic (exact) mass is 425 g/mol. The Hall–Kier alpha value is -2.91. The molecule has 0 aliphatic carbocycles. The Labute approximate surface area is 167 Å². The Morgan fingerprint density at radius 1 is 1.28 bits per heavy atom. The molecule has 10 heteroatoms. The van der Waals surface area contributed by atoms with Gasteiger partial charge in [0, 0.05) is 5.69 Å². The van der Waals surface area contributed by atoms with E-state index < -0.39 is 40.9 Å². The van der Waals surface area contributed by atoms with Crippen LogP contribution in [0.4, 0.5) is 18.9 Å². The van der Waals surface area contributed by atoms with E-state index in [0.29, 0.717) is 5.52 Å². The third-order valence-electron chi connectivity index (χ3n) is 4.41. The van der Waals surface area contributed by atoms with Gasteiger partial charge in [-0.2, -0.15) is 13.2 Å². The summed E-state index contributed by atoms with van der Waals surface area (Å²) in [5, 5.41) is 11.0. The fourth-order valence-corrected chi connectivity index (χ4v) is 3.10. The Morgan fingerprint density at radius 3 is 2.66 bits per heavy atom. The van der Waals surface area contributed by atoms with Crippen LogP contribution in [0, 0.1) is 0 Å². The first kappa shape index (κ1) is 20.8. The second-order valence-electron chi connectivity index (χ2n) is 6.31. The molecule has 0 saturated heterocycles. The minimum Gasteiger partial charge on any atom is -0.387 e. The first-order valence-electron chi connectivity index (χ1n) is 8.40. The molecule has 1 atom stereocenters. The van der Waals surface area contributed by atoms with Crippen molar-refractivity contribution >= 4 is 34.1 Å². The van der Waals surface area contributed by atoms with Crippen molar-refractivity contribution in [3.8, 4) is 0 Å². The maximum absolute atomic E-state index is 13.1. The predicted octanol–water partition coefficient (Wildman–Crippen LogP) is 3.61. The van der Waals surface area contributed by atoms with Crippen molar-refractivity contribution in [3.63, 3.8) is 0 Å². The molecule has 2 N–H and O–H groups in total. The summed E-state index contributed by atoms with van der Waals surface area (Å²) in [5.41, 5.74) is -0.612. The van der Waals surface area contributed by atoms with Crippen LogP contribution in [0.2, 0.25) is 5.02 Å². The number of alkyl halides is 3. The van der Waals surface area contributed by atoms with Crippen molar-refractivity contribution in [2.45, 2.75) is 19.1 Å². The number of nitrogens with zero attached hydrogens (tertiary/aromatic N) is 2. The molecule has 0 radical (unpaired) electrons. The molecule has 0 unspecified atom stereocenters. The number of aliphatic hydroxyl groups excluding tert-OH is 1. The summed E-state index contributed by atoms with van der Waals surface area (Å²) >= 11 is 5.66. The van der Waals surface area contributed by atoms with Crippen LogP contribution in [0.25, 0.3) is 10.9 Å². The molecule has 29 heavy (non-hydrogen) atoms. The maximum atomic E-state index is 13.1. The summed E-state index contributed by atoms with van der Waals surface area (Å²) in [6, 6.07) is 7.13. The first-order chi connectivity index (χ1) is 13.6. The molecule has 3 rings (SSSR count). The minimum atomic E-state index is -4.63. The molecule has 0 fully saturated rings. The molecule has 3 aromatic rings. The van der Waals surface area contributed by atoms with Crippen molar-refractivity contribution in [1.29, 1.82) is 0 Å². The summed E-state index contributed by atoms with van der Waals surface area (Å²) in [4.78, 5) is 28.4. The molecule has 0 spiro atoms. The van der Waals surface area contributed by atoms with Gasteiger partial charge in [-0.3, -0.25) is 14.2 Å². The van der Waals surface area contributed by atoms with Crippen molar-refractivity contribution < 1.29 is 23.1 Å². The molecule has 0 aliphatic rings. The van der Waals surface area contributed by atoms with Crippen LogP contribution >= 0.6 is 11.6 Å². The fourth-order valence-electron chi connectivity index (χ4n) is 2.87. The number of amides is 1. The van der Waals surface area contributed by atoms with Crippen molar-refractivity contribution in [1.82, 2.24) is 9.55 Å². The van der Waals surface area contributed by atoms with E-state index >= 15 is 0 Å².